The van der Waals surface area contributed by atoms with Crippen LogP contribution >= 0.6 is 0 Å². The first-order chi connectivity index (χ1) is 12.6. The fourth-order valence-corrected chi connectivity index (χ4v) is 3.78. The Bertz CT molecular complexity index is 438. The first-order valence-corrected chi connectivity index (χ1v) is 11.5. The van der Waals surface area contributed by atoms with Crippen LogP contribution in [-0.4, -0.2) is 26.1 Å². The fraction of sp³-hybridized carbons (Fsp3) is 0.760. The zero-order valence-corrected chi connectivity index (χ0v) is 18.8. The predicted octanol–water partition coefficient (Wildman–Crippen LogP) is 7.87. The fourth-order valence-electron chi connectivity index (χ4n) is 3.78. The van der Waals surface area contributed by atoms with Crippen LogP contribution in [0.4, 0.5) is 5.69 Å². The maximum Gasteiger partial charge on any atom is 0.132 e. The Morgan fingerprint density at radius 1 is 0.593 bits per heavy atom. The van der Waals surface area contributed by atoms with E-state index in [1.165, 1.54) is 108 Å². The average molecular weight is 378 g/mol. The van der Waals surface area contributed by atoms with Crippen molar-refractivity contribution in [1.82, 2.24) is 4.48 Å². The topological polar surface area (TPSA) is 30.0 Å². The van der Waals surface area contributed by atoms with Gasteiger partial charge in [-0.15, -0.1) is 0 Å². The van der Waals surface area contributed by atoms with Gasteiger partial charge >= 0.3 is 0 Å². The number of unbranched alkanes of at least 4 members (excludes halogenated alkanes) is 13. The SMILES string of the molecule is CCCCCCCCCCCCCCCC[N+](C)(C)c1ccc(C)cc1.[OH-]. The number of quaternary nitrogens is 1. The predicted molar refractivity (Wildman–Crippen MR) is 122 cm³/mol. The zero-order valence-electron chi connectivity index (χ0n) is 18.8. The summed E-state index contributed by atoms with van der Waals surface area (Å²) < 4.78 is 1.01. The Morgan fingerprint density at radius 3 is 1.37 bits per heavy atom. The van der Waals surface area contributed by atoms with Crippen molar-refractivity contribution in [2.24, 2.45) is 0 Å². The largest absolute Gasteiger partial charge is 0.870 e. The van der Waals surface area contributed by atoms with Gasteiger partial charge in [0, 0.05) is 0 Å². The van der Waals surface area contributed by atoms with Crippen LogP contribution in [0, 0.1) is 6.92 Å². The summed E-state index contributed by atoms with van der Waals surface area (Å²) in [5.74, 6) is 0. The van der Waals surface area contributed by atoms with E-state index in [4.69, 9.17) is 0 Å². The minimum atomic E-state index is 0. The lowest BCUT2D eigenvalue weighted by Crippen LogP contribution is -2.41. The second-order valence-electron chi connectivity index (χ2n) is 8.84. The third kappa shape index (κ3) is 13.0. The Kier molecular flexibility index (Phi) is 15.6. The van der Waals surface area contributed by atoms with Gasteiger partial charge in [0.25, 0.3) is 0 Å². The standard InChI is InChI=1S/C25H46N.H2O/c1-5-6-7-8-9-10-11-12-13-14-15-16-17-18-23-26(3,4)25-21-19-24(2)20-22-25;/h19-22H,5-18,23H2,1-4H3;1H2/q+1;/p-1. The third-order valence-corrected chi connectivity index (χ3v) is 5.80. The highest BCUT2D eigenvalue weighted by molar-refractivity contribution is 5.43. The minimum Gasteiger partial charge on any atom is -0.870 e. The van der Waals surface area contributed by atoms with Crippen LogP contribution in [0.5, 0.6) is 0 Å². The highest BCUT2D eigenvalue weighted by Gasteiger charge is 2.17. The van der Waals surface area contributed by atoms with E-state index in [2.05, 4.69) is 52.2 Å². The van der Waals surface area contributed by atoms with Crippen molar-refractivity contribution in [3.8, 4) is 0 Å². The van der Waals surface area contributed by atoms with Gasteiger partial charge in [0.2, 0.25) is 0 Å². The Morgan fingerprint density at radius 2 is 0.963 bits per heavy atom. The molecule has 0 saturated heterocycles. The number of aryl methyl sites for hydroxylation is 1. The van der Waals surface area contributed by atoms with Crippen molar-refractivity contribution in [2.45, 2.75) is 104 Å². The molecule has 0 heterocycles. The molecular weight excluding hydrogens is 330 g/mol. The monoisotopic (exact) mass is 377 g/mol. The molecule has 1 N–H and O–H groups in total. The molecule has 0 aliphatic rings. The van der Waals surface area contributed by atoms with Crippen LogP contribution in [-0.2, 0) is 0 Å². The van der Waals surface area contributed by atoms with Gasteiger partial charge in [0.15, 0.2) is 0 Å². The summed E-state index contributed by atoms with van der Waals surface area (Å²) in [6.07, 6.45) is 20.1. The minimum absolute atomic E-state index is 0. The van der Waals surface area contributed by atoms with Gasteiger partial charge in [-0.1, -0.05) is 102 Å². The van der Waals surface area contributed by atoms with E-state index < -0.39 is 0 Å². The molecule has 27 heavy (non-hydrogen) atoms. The van der Waals surface area contributed by atoms with E-state index in [0.717, 1.165) is 4.48 Å². The first-order valence-electron chi connectivity index (χ1n) is 11.5. The van der Waals surface area contributed by atoms with Crippen molar-refractivity contribution in [3.05, 3.63) is 29.8 Å². The molecule has 0 spiro atoms. The number of nitrogens with zero attached hydrogens (tertiary/aromatic N) is 1. The van der Waals surface area contributed by atoms with E-state index in [0.29, 0.717) is 0 Å². The normalized spacial score (nSPS) is 11.4. The second kappa shape index (κ2) is 16.1. The van der Waals surface area contributed by atoms with Gasteiger partial charge in [0.05, 0.1) is 20.6 Å². The molecule has 2 heteroatoms. The summed E-state index contributed by atoms with van der Waals surface area (Å²) >= 11 is 0. The molecule has 1 rings (SSSR count). The van der Waals surface area contributed by atoms with Gasteiger partial charge in [-0.3, -0.25) is 4.48 Å². The smallest absolute Gasteiger partial charge is 0.132 e. The average Bonchev–Trinajstić information content (AvgIpc) is 2.62. The number of hydrogen-bond donors (Lipinski definition) is 0. The van der Waals surface area contributed by atoms with Crippen LogP contribution < -0.4 is 4.48 Å². The van der Waals surface area contributed by atoms with Gasteiger partial charge in [-0.05, 0) is 31.9 Å². The maximum absolute atomic E-state index is 2.34. The van der Waals surface area contributed by atoms with Crippen molar-refractivity contribution in [1.29, 1.82) is 0 Å². The Hall–Kier alpha value is -0.860. The van der Waals surface area contributed by atoms with Gasteiger partial charge < -0.3 is 5.48 Å². The van der Waals surface area contributed by atoms with Crippen LogP contribution in [0.25, 0.3) is 0 Å². The number of rotatable bonds is 16. The molecule has 0 aromatic heterocycles. The summed E-state index contributed by atoms with van der Waals surface area (Å²) in [6, 6.07) is 9.05. The van der Waals surface area contributed by atoms with Crippen LogP contribution in [0.1, 0.15) is 102 Å². The molecule has 0 aliphatic carbocycles. The van der Waals surface area contributed by atoms with Crippen LogP contribution in [0.3, 0.4) is 0 Å². The summed E-state index contributed by atoms with van der Waals surface area (Å²) in [5, 5.41) is 0. The van der Waals surface area contributed by atoms with E-state index in [-0.39, 0.29) is 5.48 Å². The molecule has 2 nitrogen and oxygen atoms in total. The van der Waals surface area contributed by atoms with E-state index in [9.17, 15) is 0 Å². The summed E-state index contributed by atoms with van der Waals surface area (Å²) in [7, 11) is 4.68. The zero-order chi connectivity index (χ0) is 19.1. The van der Waals surface area contributed by atoms with Crippen molar-refractivity contribution in [2.75, 3.05) is 20.6 Å². The lowest BCUT2D eigenvalue weighted by Gasteiger charge is -2.29. The third-order valence-electron chi connectivity index (χ3n) is 5.80. The van der Waals surface area contributed by atoms with Gasteiger partial charge in [-0.2, -0.15) is 0 Å². The lowest BCUT2D eigenvalue weighted by atomic mass is 10.0. The van der Waals surface area contributed by atoms with Gasteiger partial charge in [-0.25, -0.2) is 0 Å². The highest BCUT2D eigenvalue weighted by atomic mass is 16.0. The Labute approximate surface area is 170 Å². The van der Waals surface area contributed by atoms with Crippen LogP contribution in [0.2, 0.25) is 0 Å². The molecule has 158 valence electrons. The van der Waals surface area contributed by atoms with E-state index >= 15 is 0 Å². The maximum atomic E-state index is 2.34. The summed E-state index contributed by atoms with van der Waals surface area (Å²) in [5.41, 5.74) is 2.79. The molecule has 1 aromatic rings. The lowest BCUT2D eigenvalue weighted by molar-refractivity contribution is 0.380. The molecule has 0 fully saturated rings. The van der Waals surface area contributed by atoms with Crippen LogP contribution in [0.15, 0.2) is 24.3 Å². The molecule has 0 aliphatic heterocycles. The van der Waals surface area contributed by atoms with Crippen molar-refractivity contribution in [3.63, 3.8) is 0 Å². The molecule has 0 saturated carbocycles. The van der Waals surface area contributed by atoms with E-state index in [1.54, 1.807) is 0 Å². The van der Waals surface area contributed by atoms with E-state index in [1.807, 2.05) is 0 Å². The molecule has 0 atom stereocenters. The quantitative estimate of drug-likeness (QED) is 0.213. The molecular formula is C25H47NO. The summed E-state index contributed by atoms with van der Waals surface area (Å²) in [4.78, 5) is 0. The molecule has 0 amide bonds. The Balaban J connectivity index is 0.00000676. The molecule has 0 bridgehead atoms. The van der Waals surface area contributed by atoms with Crippen molar-refractivity contribution < 1.29 is 5.48 Å². The van der Waals surface area contributed by atoms with Gasteiger partial charge in [0.1, 0.15) is 5.69 Å². The molecule has 1 aromatic carbocycles. The number of hydrogen-bond acceptors (Lipinski definition) is 1. The highest BCUT2D eigenvalue weighted by Crippen LogP contribution is 2.21. The molecule has 0 radical (unpaired) electrons. The second-order valence-corrected chi connectivity index (χ2v) is 8.84. The summed E-state index contributed by atoms with van der Waals surface area (Å²) in [6.45, 7) is 5.71. The first kappa shape index (κ1) is 26.1. The van der Waals surface area contributed by atoms with Crippen molar-refractivity contribution >= 4 is 5.69 Å². The molecule has 0 unspecified atom stereocenters. The number of benzene rings is 1.